The Morgan fingerprint density at radius 1 is 1.38 bits per heavy atom. The van der Waals surface area contributed by atoms with Gasteiger partial charge in [-0.2, -0.15) is 10.2 Å². The molecular weight excluding hydrogens is 342 g/mol. The fourth-order valence-electron chi connectivity index (χ4n) is 1.85. The molecule has 112 valence electrons. The Labute approximate surface area is 128 Å². The second kappa shape index (κ2) is 6.53. The van der Waals surface area contributed by atoms with Gasteiger partial charge in [-0.3, -0.25) is 9.48 Å². The number of rotatable bonds is 6. The number of amides is 1. The first-order valence-electron chi connectivity index (χ1n) is 6.25. The van der Waals surface area contributed by atoms with E-state index in [1.54, 1.807) is 10.9 Å². The molecule has 0 unspecified atom stereocenters. The number of carboxylic acid groups (broad SMARTS) is 1. The van der Waals surface area contributed by atoms with Gasteiger partial charge >= 0.3 is 5.97 Å². The highest BCUT2D eigenvalue weighted by molar-refractivity contribution is 9.10. The number of hydrogen-bond donors (Lipinski definition) is 2. The maximum atomic E-state index is 11.9. The zero-order valence-electron chi connectivity index (χ0n) is 11.3. The van der Waals surface area contributed by atoms with Crippen molar-refractivity contribution in [3.8, 4) is 0 Å². The van der Waals surface area contributed by atoms with Gasteiger partial charge in [0, 0.05) is 12.7 Å². The molecule has 2 rings (SSSR count). The van der Waals surface area contributed by atoms with E-state index in [1.165, 1.54) is 12.3 Å². The van der Waals surface area contributed by atoms with Crippen LogP contribution in [0.1, 0.15) is 23.1 Å². The molecule has 0 spiro atoms. The summed E-state index contributed by atoms with van der Waals surface area (Å²) < 4.78 is 3.72. The minimum absolute atomic E-state index is 0.0232. The van der Waals surface area contributed by atoms with Crippen LogP contribution in [0.2, 0.25) is 0 Å². The Balaban J connectivity index is 1.98. The molecule has 2 aromatic heterocycles. The molecule has 0 aliphatic rings. The molecule has 21 heavy (non-hydrogen) atoms. The number of aromatic nitrogens is 4. The number of carbonyl (C=O) groups excluding carboxylic acids is 1. The number of aromatic carboxylic acids is 1. The maximum Gasteiger partial charge on any atom is 0.354 e. The summed E-state index contributed by atoms with van der Waals surface area (Å²) in [5.41, 5.74) is 0.828. The van der Waals surface area contributed by atoms with E-state index in [0.29, 0.717) is 13.1 Å². The molecule has 2 heterocycles. The van der Waals surface area contributed by atoms with Crippen molar-refractivity contribution in [3.63, 3.8) is 0 Å². The van der Waals surface area contributed by atoms with Crippen LogP contribution in [-0.2, 0) is 24.4 Å². The van der Waals surface area contributed by atoms with Crippen LogP contribution >= 0.6 is 15.9 Å². The number of halogens is 1. The highest BCUT2D eigenvalue weighted by Gasteiger charge is 2.14. The summed E-state index contributed by atoms with van der Waals surface area (Å²) in [6, 6.07) is 1.35. The summed E-state index contributed by atoms with van der Waals surface area (Å²) in [4.78, 5) is 22.8. The van der Waals surface area contributed by atoms with Crippen LogP contribution in [0, 0.1) is 0 Å². The van der Waals surface area contributed by atoms with E-state index in [1.807, 2.05) is 6.92 Å². The lowest BCUT2D eigenvalue weighted by molar-refractivity contribution is -0.122. The predicted molar refractivity (Wildman–Crippen MR) is 76.6 cm³/mol. The fraction of sp³-hybridized carbons (Fsp3) is 0.333. The number of hydrogen-bond acceptors (Lipinski definition) is 4. The molecule has 8 nitrogen and oxygen atoms in total. The molecule has 1 amide bonds. The summed E-state index contributed by atoms with van der Waals surface area (Å²) in [7, 11) is 0. The van der Waals surface area contributed by atoms with Crippen molar-refractivity contribution in [2.45, 2.75) is 26.6 Å². The Bertz CT molecular complexity index is 664. The minimum Gasteiger partial charge on any atom is -0.477 e. The summed E-state index contributed by atoms with van der Waals surface area (Å²) >= 11 is 3.37. The first kappa shape index (κ1) is 15.2. The van der Waals surface area contributed by atoms with E-state index in [9.17, 15) is 9.59 Å². The molecule has 0 saturated carbocycles. The first-order valence-corrected chi connectivity index (χ1v) is 7.04. The number of carbonyl (C=O) groups is 2. The van der Waals surface area contributed by atoms with Crippen LogP contribution in [0.3, 0.4) is 0 Å². The van der Waals surface area contributed by atoms with Gasteiger partial charge in [0.1, 0.15) is 12.2 Å². The predicted octanol–water partition coefficient (Wildman–Crippen LogP) is 0.877. The lowest BCUT2D eigenvalue weighted by Gasteiger charge is -2.09. The van der Waals surface area contributed by atoms with Crippen molar-refractivity contribution >= 4 is 27.8 Å². The molecule has 0 aromatic carbocycles. The summed E-state index contributed by atoms with van der Waals surface area (Å²) in [6.07, 6.45) is 3.01. The van der Waals surface area contributed by atoms with Crippen molar-refractivity contribution in [1.82, 2.24) is 24.9 Å². The van der Waals surface area contributed by atoms with Crippen LogP contribution in [0.4, 0.5) is 0 Å². The van der Waals surface area contributed by atoms with E-state index in [4.69, 9.17) is 5.11 Å². The van der Waals surface area contributed by atoms with Gasteiger partial charge in [0.25, 0.3) is 0 Å². The van der Waals surface area contributed by atoms with Gasteiger partial charge in [0.15, 0.2) is 0 Å². The number of nitrogens with one attached hydrogen (secondary N) is 1. The second-order valence-electron chi connectivity index (χ2n) is 4.21. The smallest absolute Gasteiger partial charge is 0.354 e. The van der Waals surface area contributed by atoms with Crippen molar-refractivity contribution in [2.75, 3.05) is 0 Å². The van der Waals surface area contributed by atoms with Crippen molar-refractivity contribution in [2.24, 2.45) is 0 Å². The quantitative estimate of drug-likeness (QED) is 0.800. The van der Waals surface area contributed by atoms with E-state index >= 15 is 0 Å². The van der Waals surface area contributed by atoms with Gasteiger partial charge < -0.3 is 10.4 Å². The first-order chi connectivity index (χ1) is 10.0. The Morgan fingerprint density at radius 3 is 2.81 bits per heavy atom. The zero-order valence-corrected chi connectivity index (χ0v) is 12.9. The monoisotopic (exact) mass is 355 g/mol. The summed E-state index contributed by atoms with van der Waals surface area (Å²) in [5, 5.41) is 19.6. The number of carboxylic acids is 1. The Morgan fingerprint density at radius 2 is 2.14 bits per heavy atom. The van der Waals surface area contributed by atoms with Crippen LogP contribution in [0.25, 0.3) is 0 Å². The van der Waals surface area contributed by atoms with Crippen molar-refractivity contribution < 1.29 is 14.7 Å². The van der Waals surface area contributed by atoms with E-state index < -0.39 is 5.97 Å². The summed E-state index contributed by atoms with van der Waals surface area (Å²) in [6.45, 7) is 2.80. The molecule has 0 saturated heterocycles. The summed E-state index contributed by atoms with van der Waals surface area (Å²) in [5.74, 6) is -1.44. The van der Waals surface area contributed by atoms with Gasteiger partial charge in [0.05, 0.1) is 22.9 Å². The highest BCUT2D eigenvalue weighted by Crippen LogP contribution is 2.15. The normalized spacial score (nSPS) is 10.6. The molecule has 0 atom stereocenters. The van der Waals surface area contributed by atoms with Crippen LogP contribution < -0.4 is 5.32 Å². The number of aryl methyl sites for hydroxylation is 1. The average molecular weight is 356 g/mol. The SMILES string of the molecule is CCn1ncc(Br)c1CNC(=O)Cn1nccc1C(=O)O. The number of nitrogens with zero attached hydrogens (tertiary/aromatic N) is 4. The topological polar surface area (TPSA) is 102 Å². The lowest BCUT2D eigenvalue weighted by atomic mass is 10.4. The zero-order chi connectivity index (χ0) is 15.4. The van der Waals surface area contributed by atoms with Gasteiger partial charge in [0.2, 0.25) is 5.91 Å². The van der Waals surface area contributed by atoms with Gasteiger partial charge in [-0.15, -0.1) is 0 Å². The largest absolute Gasteiger partial charge is 0.477 e. The third-order valence-electron chi connectivity index (χ3n) is 2.88. The molecular formula is C12H14BrN5O3. The van der Waals surface area contributed by atoms with E-state index in [-0.39, 0.29) is 18.1 Å². The highest BCUT2D eigenvalue weighted by atomic mass is 79.9. The Kier molecular flexibility index (Phi) is 4.73. The van der Waals surface area contributed by atoms with Crippen molar-refractivity contribution in [1.29, 1.82) is 0 Å². The Hall–Kier alpha value is -2.16. The standard InChI is InChI=1S/C12H14BrN5O3/c1-2-17-10(8(13)5-16-17)6-14-11(19)7-18-9(12(20)21)3-4-15-18/h3-5H,2,6-7H2,1H3,(H,14,19)(H,20,21). The molecule has 2 aromatic rings. The molecule has 0 aliphatic heterocycles. The van der Waals surface area contributed by atoms with Crippen LogP contribution in [0.5, 0.6) is 0 Å². The minimum atomic E-state index is -1.12. The molecule has 9 heteroatoms. The second-order valence-corrected chi connectivity index (χ2v) is 5.07. The molecule has 2 N–H and O–H groups in total. The van der Waals surface area contributed by atoms with Gasteiger partial charge in [-0.1, -0.05) is 0 Å². The van der Waals surface area contributed by atoms with Crippen LogP contribution in [0.15, 0.2) is 22.9 Å². The van der Waals surface area contributed by atoms with Crippen molar-refractivity contribution in [3.05, 3.63) is 34.3 Å². The molecule has 0 fully saturated rings. The fourth-order valence-corrected chi connectivity index (χ4v) is 2.29. The third kappa shape index (κ3) is 3.48. The van der Waals surface area contributed by atoms with E-state index in [0.717, 1.165) is 14.8 Å². The van der Waals surface area contributed by atoms with Gasteiger partial charge in [-0.05, 0) is 28.9 Å². The van der Waals surface area contributed by atoms with E-state index in [2.05, 4.69) is 31.4 Å². The lowest BCUT2D eigenvalue weighted by Crippen LogP contribution is -2.29. The average Bonchev–Trinajstić information content (AvgIpc) is 3.03. The maximum absolute atomic E-state index is 11.9. The molecule has 0 bridgehead atoms. The molecule has 0 radical (unpaired) electrons. The van der Waals surface area contributed by atoms with Gasteiger partial charge in [-0.25, -0.2) is 9.48 Å². The molecule has 0 aliphatic carbocycles. The van der Waals surface area contributed by atoms with Crippen LogP contribution in [-0.4, -0.2) is 36.5 Å². The third-order valence-corrected chi connectivity index (χ3v) is 3.54.